The molecule has 0 spiro atoms. The molecule has 0 saturated carbocycles. The maximum Gasteiger partial charge on any atom is 0.339 e. The second kappa shape index (κ2) is 5.75. The fourth-order valence-electron chi connectivity index (χ4n) is 1.68. The lowest BCUT2D eigenvalue weighted by Crippen LogP contribution is -2.03. The van der Waals surface area contributed by atoms with Crippen molar-refractivity contribution in [2.45, 2.75) is 20.0 Å². The number of carboxylic acids is 1. The standard InChI is InChI=1S/C14H15NO3S/c1-2-10-4-5-11(19-10)8-18-13-6-3-9(15)7-12(13)14(16)17/h3-7H,2,8,15H2,1H3,(H,16,17). The summed E-state index contributed by atoms with van der Waals surface area (Å²) in [6.07, 6.45) is 0.993. The number of carboxylic acid groups (broad SMARTS) is 1. The third kappa shape index (κ3) is 3.26. The van der Waals surface area contributed by atoms with Crippen LogP contribution < -0.4 is 10.5 Å². The molecule has 5 heteroatoms. The van der Waals surface area contributed by atoms with Crippen LogP contribution in [-0.4, -0.2) is 11.1 Å². The minimum Gasteiger partial charge on any atom is -0.487 e. The molecule has 0 aliphatic heterocycles. The van der Waals surface area contributed by atoms with Gasteiger partial charge in [-0.15, -0.1) is 11.3 Å². The Bertz CT molecular complexity index is 592. The van der Waals surface area contributed by atoms with Gasteiger partial charge < -0.3 is 15.6 Å². The van der Waals surface area contributed by atoms with Crippen LogP contribution in [0.1, 0.15) is 27.0 Å². The molecule has 1 aromatic carbocycles. The molecule has 0 atom stereocenters. The number of rotatable bonds is 5. The summed E-state index contributed by atoms with van der Waals surface area (Å²) < 4.78 is 5.57. The molecular weight excluding hydrogens is 262 g/mol. The van der Waals surface area contributed by atoms with Crippen LogP contribution in [-0.2, 0) is 13.0 Å². The quantitative estimate of drug-likeness (QED) is 0.823. The van der Waals surface area contributed by atoms with E-state index in [0.717, 1.165) is 11.3 Å². The van der Waals surface area contributed by atoms with Crippen molar-refractivity contribution in [3.8, 4) is 5.75 Å². The van der Waals surface area contributed by atoms with E-state index in [9.17, 15) is 4.79 Å². The van der Waals surface area contributed by atoms with Crippen molar-refractivity contribution in [2.24, 2.45) is 0 Å². The normalized spacial score (nSPS) is 10.4. The monoisotopic (exact) mass is 277 g/mol. The number of benzene rings is 1. The van der Waals surface area contributed by atoms with Gasteiger partial charge in [0, 0.05) is 15.4 Å². The largest absolute Gasteiger partial charge is 0.487 e. The van der Waals surface area contributed by atoms with Crippen molar-refractivity contribution < 1.29 is 14.6 Å². The van der Waals surface area contributed by atoms with Gasteiger partial charge in [-0.3, -0.25) is 0 Å². The fourth-order valence-corrected chi connectivity index (χ4v) is 2.55. The predicted molar refractivity (Wildman–Crippen MR) is 75.8 cm³/mol. The molecule has 3 N–H and O–H groups in total. The van der Waals surface area contributed by atoms with Gasteiger partial charge in [0.2, 0.25) is 0 Å². The van der Waals surface area contributed by atoms with E-state index in [1.54, 1.807) is 23.5 Å². The van der Waals surface area contributed by atoms with Crippen LogP contribution in [0, 0.1) is 0 Å². The number of hydrogen-bond acceptors (Lipinski definition) is 4. The van der Waals surface area contributed by atoms with Crippen molar-refractivity contribution in [1.29, 1.82) is 0 Å². The molecule has 0 saturated heterocycles. The van der Waals surface area contributed by atoms with Gasteiger partial charge in [-0.1, -0.05) is 6.92 Å². The van der Waals surface area contributed by atoms with E-state index in [0.29, 0.717) is 18.0 Å². The van der Waals surface area contributed by atoms with Gasteiger partial charge in [0.15, 0.2) is 0 Å². The summed E-state index contributed by atoms with van der Waals surface area (Å²) in [5, 5.41) is 9.10. The average Bonchev–Trinajstić information content (AvgIpc) is 2.85. The summed E-state index contributed by atoms with van der Waals surface area (Å²) in [7, 11) is 0. The molecule has 100 valence electrons. The number of thiophene rings is 1. The maximum absolute atomic E-state index is 11.1. The van der Waals surface area contributed by atoms with Crippen molar-refractivity contribution in [2.75, 3.05) is 5.73 Å². The second-order valence-corrected chi connectivity index (χ2v) is 5.32. The lowest BCUT2D eigenvalue weighted by atomic mass is 10.2. The molecule has 0 amide bonds. The molecule has 1 heterocycles. The van der Waals surface area contributed by atoms with Crippen LogP contribution in [0.3, 0.4) is 0 Å². The topological polar surface area (TPSA) is 72.5 Å². The Morgan fingerprint density at radius 1 is 1.32 bits per heavy atom. The van der Waals surface area contributed by atoms with E-state index in [-0.39, 0.29) is 5.56 Å². The second-order valence-electron chi connectivity index (χ2n) is 4.07. The summed E-state index contributed by atoms with van der Waals surface area (Å²) >= 11 is 1.67. The minimum atomic E-state index is -1.04. The zero-order valence-electron chi connectivity index (χ0n) is 10.6. The SMILES string of the molecule is CCc1ccc(COc2ccc(N)cc2C(=O)O)s1. The number of nitrogens with two attached hydrogens (primary N) is 1. The molecule has 0 bridgehead atoms. The first-order valence-electron chi connectivity index (χ1n) is 5.93. The van der Waals surface area contributed by atoms with Crippen LogP contribution in [0.15, 0.2) is 30.3 Å². The van der Waals surface area contributed by atoms with E-state index in [2.05, 4.69) is 13.0 Å². The van der Waals surface area contributed by atoms with Crippen molar-refractivity contribution in [3.05, 3.63) is 45.6 Å². The smallest absolute Gasteiger partial charge is 0.339 e. The first-order chi connectivity index (χ1) is 9.10. The summed E-state index contributed by atoms with van der Waals surface area (Å²) in [5.41, 5.74) is 6.08. The molecular formula is C14H15NO3S. The number of carbonyl (C=O) groups is 1. The lowest BCUT2D eigenvalue weighted by molar-refractivity contribution is 0.0692. The molecule has 0 aliphatic carbocycles. The van der Waals surface area contributed by atoms with E-state index < -0.39 is 5.97 Å². The third-order valence-electron chi connectivity index (χ3n) is 2.67. The Kier molecular flexibility index (Phi) is 4.06. The van der Waals surface area contributed by atoms with E-state index in [1.807, 2.05) is 6.07 Å². The molecule has 19 heavy (non-hydrogen) atoms. The first kappa shape index (κ1) is 13.4. The highest BCUT2D eigenvalue weighted by Gasteiger charge is 2.12. The molecule has 0 radical (unpaired) electrons. The summed E-state index contributed by atoms with van der Waals surface area (Å²) in [4.78, 5) is 13.5. The highest BCUT2D eigenvalue weighted by molar-refractivity contribution is 7.11. The van der Waals surface area contributed by atoms with Gasteiger partial charge >= 0.3 is 5.97 Å². The van der Waals surface area contributed by atoms with E-state index in [4.69, 9.17) is 15.6 Å². The Hall–Kier alpha value is -2.01. The minimum absolute atomic E-state index is 0.0901. The van der Waals surface area contributed by atoms with Gasteiger partial charge in [-0.25, -0.2) is 4.79 Å². The first-order valence-corrected chi connectivity index (χ1v) is 6.75. The highest BCUT2D eigenvalue weighted by atomic mass is 32.1. The van der Waals surface area contributed by atoms with Gasteiger partial charge in [-0.05, 0) is 36.8 Å². The van der Waals surface area contributed by atoms with Crippen LogP contribution in [0.4, 0.5) is 5.69 Å². The van der Waals surface area contributed by atoms with Crippen molar-refractivity contribution in [1.82, 2.24) is 0 Å². The molecule has 2 rings (SSSR count). The number of ether oxygens (including phenoxy) is 1. The Morgan fingerprint density at radius 2 is 2.05 bits per heavy atom. The van der Waals surface area contributed by atoms with Gasteiger partial charge in [0.05, 0.1) is 0 Å². The Balaban J connectivity index is 2.12. The number of aromatic carboxylic acids is 1. The number of hydrogen-bond donors (Lipinski definition) is 2. The van der Waals surface area contributed by atoms with Crippen LogP contribution in [0.5, 0.6) is 5.75 Å². The zero-order chi connectivity index (χ0) is 13.8. The molecule has 2 aromatic rings. The third-order valence-corrected chi connectivity index (χ3v) is 3.87. The number of aryl methyl sites for hydroxylation is 1. The molecule has 1 aromatic heterocycles. The van der Waals surface area contributed by atoms with Crippen LogP contribution in [0.2, 0.25) is 0 Å². The van der Waals surface area contributed by atoms with Gasteiger partial charge in [-0.2, -0.15) is 0 Å². The average molecular weight is 277 g/mol. The Morgan fingerprint density at radius 3 is 2.68 bits per heavy atom. The summed E-state index contributed by atoms with van der Waals surface area (Å²) in [6, 6.07) is 8.69. The fraction of sp³-hybridized carbons (Fsp3) is 0.214. The summed E-state index contributed by atoms with van der Waals surface area (Å²) in [6.45, 7) is 2.47. The van der Waals surface area contributed by atoms with Gasteiger partial charge in [0.25, 0.3) is 0 Å². The number of nitrogen functional groups attached to an aromatic ring is 1. The van der Waals surface area contributed by atoms with Crippen LogP contribution in [0.25, 0.3) is 0 Å². The zero-order valence-corrected chi connectivity index (χ0v) is 11.4. The summed E-state index contributed by atoms with van der Waals surface area (Å²) in [5.74, 6) is -0.698. The predicted octanol–water partition coefficient (Wildman–Crippen LogP) is 3.17. The van der Waals surface area contributed by atoms with Crippen molar-refractivity contribution >= 4 is 23.0 Å². The molecule has 0 aliphatic rings. The lowest BCUT2D eigenvalue weighted by Gasteiger charge is -2.08. The molecule has 0 fully saturated rings. The number of anilines is 1. The Labute approximate surface area is 115 Å². The molecule has 0 unspecified atom stereocenters. The van der Waals surface area contributed by atoms with Crippen LogP contribution >= 0.6 is 11.3 Å². The molecule has 4 nitrogen and oxygen atoms in total. The van der Waals surface area contributed by atoms with Gasteiger partial charge in [0.1, 0.15) is 17.9 Å². The van der Waals surface area contributed by atoms with E-state index in [1.165, 1.54) is 10.9 Å². The van der Waals surface area contributed by atoms with Crippen molar-refractivity contribution in [3.63, 3.8) is 0 Å². The van der Waals surface area contributed by atoms with E-state index >= 15 is 0 Å². The highest BCUT2D eigenvalue weighted by Crippen LogP contribution is 2.24. The maximum atomic E-state index is 11.1.